The van der Waals surface area contributed by atoms with Gasteiger partial charge in [-0.3, -0.25) is 38.7 Å². The molecule has 190 valence electrons. The van der Waals surface area contributed by atoms with E-state index >= 15 is 0 Å². The zero-order chi connectivity index (χ0) is 25.2. The van der Waals surface area contributed by atoms with E-state index in [0.29, 0.717) is 0 Å². The van der Waals surface area contributed by atoms with E-state index < -0.39 is 42.8 Å². The first-order valence-electron chi connectivity index (χ1n) is 10.3. The molecule has 0 spiro atoms. The molecule has 9 N–H and O–H groups in total. The number of carbonyl (C=O) groups excluding carboxylic acids is 2. The molecule has 0 aromatic carbocycles. The van der Waals surface area contributed by atoms with Crippen LogP contribution in [0.2, 0.25) is 0 Å². The predicted molar refractivity (Wildman–Crippen MR) is 116 cm³/mol. The van der Waals surface area contributed by atoms with Gasteiger partial charge in [0, 0.05) is 52.4 Å². The maximum atomic E-state index is 11.9. The van der Waals surface area contributed by atoms with Crippen LogP contribution in [0.5, 0.6) is 0 Å². The second kappa shape index (κ2) is 17.7. The van der Waals surface area contributed by atoms with Crippen molar-refractivity contribution in [2.24, 2.45) is 11.5 Å². The summed E-state index contributed by atoms with van der Waals surface area (Å²) < 4.78 is 0. The summed E-state index contributed by atoms with van der Waals surface area (Å²) in [5.41, 5.74) is 10.6. The highest BCUT2D eigenvalue weighted by Crippen LogP contribution is 1.97. The minimum Gasteiger partial charge on any atom is -0.480 e. The van der Waals surface area contributed by atoms with Gasteiger partial charge in [0.05, 0.1) is 32.7 Å². The van der Waals surface area contributed by atoms with Crippen LogP contribution in [0.4, 0.5) is 0 Å². The molecule has 15 heteroatoms. The Morgan fingerprint density at radius 2 is 0.848 bits per heavy atom. The SMILES string of the molecule is NCCNC(=O)CN(CCN(CCN(CC(=O)O)CC(=O)NCCN)CC(=O)O)CC(=O)O. The lowest BCUT2D eigenvalue weighted by molar-refractivity contribution is -0.141. The molecule has 0 bridgehead atoms. The van der Waals surface area contributed by atoms with E-state index in [4.69, 9.17) is 21.7 Å². The van der Waals surface area contributed by atoms with Crippen molar-refractivity contribution in [2.75, 3.05) is 85.1 Å². The molecule has 0 aliphatic carbocycles. The summed E-state index contributed by atoms with van der Waals surface area (Å²) in [6.45, 7) is -0.369. The van der Waals surface area contributed by atoms with Crippen molar-refractivity contribution in [3.05, 3.63) is 0 Å². The first-order valence-corrected chi connectivity index (χ1v) is 10.3. The van der Waals surface area contributed by atoms with Gasteiger partial charge >= 0.3 is 17.9 Å². The largest absolute Gasteiger partial charge is 0.480 e. The number of carbonyl (C=O) groups is 5. The fraction of sp³-hybridized carbons (Fsp3) is 0.722. The predicted octanol–water partition coefficient (Wildman–Crippen LogP) is -4.70. The first-order chi connectivity index (χ1) is 15.6. The maximum absolute atomic E-state index is 11.9. The third-order valence-electron chi connectivity index (χ3n) is 4.21. The lowest BCUT2D eigenvalue weighted by Gasteiger charge is -2.28. The average Bonchev–Trinajstić information content (AvgIpc) is 2.71. The molecule has 0 atom stereocenters. The van der Waals surface area contributed by atoms with E-state index in [-0.39, 0.29) is 72.0 Å². The molecular formula is C18H35N7O8. The van der Waals surface area contributed by atoms with Crippen molar-refractivity contribution in [3.8, 4) is 0 Å². The lowest BCUT2D eigenvalue weighted by atomic mass is 10.3. The molecule has 0 aromatic heterocycles. The minimum absolute atomic E-state index is 0.0749. The van der Waals surface area contributed by atoms with Crippen molar-refractivity contribution >= 4 is 29.7 Å². The quantitative estimate of drug-likeness (QED) is 0.0874. The van der Waals surface area contributed by atoms with Crippen LogP contribution in [0.15, 0.2) is 0 Å². The van der Waals surface area contributed by atoms with E-state index in [1.807, 2.05) is 0 Å². The topological polar surface area (TPSA) is 232 Å². The van der Waals surface area contributed by atoms with Crippen LogP contribution in [0.1, 0.15) is 0 Å². The van der Waals surface area contributed by atoms with Gasteiger partial charge in [-0.15, -0.1) is 0 Å². The molecule has 0 unspecified atom stereocenters. The summed E-state index contributed by atoms with van der Waals surface area (Å²) in [6, 6.07) is 0. The number of nitrogens with one attached hydrogen (secondary N) is 2. The molecule has 0 aromatic rings. The first kappa shape index (κ1) is 30.1. The van der Waals surface area contributed by atoms with Crippen LogP contribution in [-0.2, 0) is 24.0 Å². The van der Waals surface area contributed by atoms with Crippen LogP contribution < -0.4 is 22.1 Å². The van der Waals surface area contributed by atoms with Gasteiger partial charge in [0.25, 0.3) is 0 Å². The van der Waals surface area contributed by atoms with Gasteiger partial charge < -0.3 is 37.4 Å². The fourth-order valence-corrected chi connectivity index (χ4v) is 2.78. The van der Waals surface area contributed by atoms with Gasteiger partial charge in [0.1, 0.15) is 0 Å². The van der Waals surface area contributed by atoms with E-state index in [1.54, 1.807) is 0 Å². The zero-order valence-corrected chi connectivity index (χ0v) is 18.6. The summed E-state index contributed by atoms with van der Waals surface area (Å²) in [4.78, 5) is 61.4. The maximum Gasteiger partial charge on any atom is 0.317 e. The van der Waals surface area contributed by atoms with Gasteiger partial charge in [-0.05, 0) is 0 Å². The van der Waals surface area contributed by atoms with Crippen LogP contribution >= 0.6 is 0 Å². The second-order valence-electron chi connectivity index (χ2n) is 7.16. The molecule has 15 nitrogen and oxygen atoms in total. The van der Waals surface area contributed by atoms with Crippen molar-refractivity contribution in [3.63, 3.8) is 0 Å². The summed E-state index contributed by atoms with van der Waals surface area (Å²) >= 11 is 0. The van der Waals surface area contributed by atoms with Crippen molar-refractivity contribution in [2.45, 2.75) is 0 Å². The number of nitrogens with zero attached hydrogens (tertiary/aromatic N) is 3. The molecular weight excluding hydrogens is 442 g/mol. The number of hydrogen-bond acceptors (Lipinski definition) is 10. The molecule has 0 heterocycles. The van der Waals surface area contributed by atoms with Crippen LogP contribution in [0.3, 0.4) is 0 Å². The van der Waals surface area contributed by atoms with E-state index in [9.17, 15) is 29.1 Å². The second-order valence-corrected chi connectivity index (χ2v) is 7.16. The van der Waals surface area contributed by atoms with Crippen molar-refractivity contribution in [1.82, 2.24) is 25.3 Å². The monoisotopic (exact) mass is 477 g/mol. The molecule has 0 radical (unpaired) electrons. The van der Waals surface area contributed by atoms with E-state index in [0.717, 1.165) is 0 Å². The lowest BCUT2D eigenvalue weighted by Crippen LogP contribution is -2.47. The van der Waals surface area contributed by atoms with Crippen molar-refractivity contribution < 1.29 is 39.3 Å². The molecule has 2 amide bonds. The Morgan fingerprint density at radius 3 is 1.15 bits per heavy atom. The van der Waals surface area contributed by atoms with Crippen LogP contribution in [0, 0.1) is 0 Å². The molecule has 0 aliphatic heterocycles. The Balaban J connectivity index is 5.02. The summed E-state index contributed by atoms with van der Waals surface area (Å²) in [5.74, 6) is -4.26. The molecule has 0 aliphatic rings. The highest BCUT2D eigenvalue weighted by Gasteiger charge is 2.19. The van der Waals surface area contributed by atoms with Gasteiger partial charge in [-0.25, -0.2) is 0 Å². The molecule has 0 rings (SSSR count). The number of hydrogen-bond donors (Lipinski definition) is 7. The summed E-state index contributed by atoms with van der Waals surface area (Å²) in [5, 5.41) is 32.4. The minimum atomic E-state index is -1.15. The Morgan fingerprint density at radius 1 is 0.545 bits per heavy atom. The zero-order valence-electron chi connectivity index (χ0n) is 18.6. The van der Waals surface area contributed by atoms with Crippen molar-refractivity contribution in [1.29, 1.82) is 0 Å². The van der Waals surface area contributed by atoms with Gasteiger partial charge in [0.15, 0.2) is 0 Å². The third kappa shape index (κ3) is 17.4. The van der Waals surface area contributed by atoms with Crippen LogP contribution in [-0.4, -0.2) is 145 Å². The molecule has 0 saturated heterocycles. The Labute approximate surface area is 191 Å². The third-order valence-corrected chi connectivity index (χ3v) is 4.21. The highest BCUT2D eigenvalue weighted by atomic mass is 16.4. The fourth-order valence-electron chi connectivity index (χ4n) is 2.78. The Kier molecular flexibility index (Phi) is 16.1. The van der Waals surface area contributed by atoms with E-state index in [1.165, 1.54) is 14.7 Å². The standard InChI is InChI=1S/C18H35N7O8/c19-1-3-21-14(26)9-24(12-17(30)31)7-5-23(11-16(28)29)6-8-25(13-18(32)33)10-15(27)22-4-2-20/h1-13,19-20H2,(H,21,26)(H,22,27)(H,28,29)(H,30,31)(H,32,33). The van der Waals surface area contributed by atoms with Gasteiger partial charge in [-0.1, -0.05) is 0 Å². The summed E-state index contributed by atoms with van der Waals surface area (Å²) in [6.07, 6.45) is 0. The van der Waals surface area contributed by atoms with Crippen LogP contribution in [0.25, 0.3) is 0 Å². The average molecular weight is 478 g/mol. The Hall–Kier alpha value is -2.85. The number of rotatable bonds is 20. The Bertz CT molecular complexity index is 603. The number of amides is 2. The van der Waals surface area contributed by atoms with Gasteiger partial charge in [-0.2, -0.15) is 0 Å². The number of carboxylic acid groups (broad SMARTS) is 3. The normalized spacial score (nSPS) is 11.1. The number of carboxylic acids is 3. The summed E-state index contributed by atoms with van der Waals surface area (Å²) in [7, 11) is 0. The molecule has 0 fully saturated rings. The van der Waals surface area contributed by atoms with Gasteiger partial charge in [0.2, 0.25) is 11.8 Å². The molecule has 33 heavy (non-hydrogen) atoms. The number of nitrogens with two attached hydrogens (primary N) is 2. The molecule has 0 saturated carbocycles. The number of aliphatic carboxylic acids is 3. The smallest absolute Gasteiger partial charge is 0.317 e. The highest BCUT2D eigenvalue weighted by molar-refractivity contribution is 5.79. The van der Waals surface area contributed by atoms with E-state index in [2.05, 4.69) is 10.6 Å².